The Labute approximate surface area is 503 Å². The molecule has 4 rings (SSSR count). The molecular formula is C60H81N9O18. The molecule has 27 heteroatoms. The molecular weight excluding hydrogens is 1130 g/mol. The SMILES string of the molecule is COC(=O)[C@H](CCCC(C)NC(=O)OCc1ccccc1)NC(=O)CCn1c(=O)n(CCC(=O)N[C@@H](CCCC(C)NC(=O)OCc2ccccc2)C(=O)OC)c(=O)n(CCC(=O)N[C@@H](CCCC(C)NC(=O)OCc2ccccc2)C(=O)OC)c1=O. The molecule has 0 aliphatic carbocycles. The van der Waals surface area contributed by atoms with Crippen LogP contribution in [0.4, 0.5) is 14.4 Å². The minimum atomic E-state index is -1.23. The third-order valence-corrected chi connectivity index (χ3v) is 13.7. The number of nitrogens with one attached hydrogen (secondary N) is 6. The van der Waals surface area contributed by atoms with Gasteiger partial charge in [0.05, 0.1) is 21.3 Å². The van der Waals surface area contributed by atoms with Crippen molar-refractivity contribution in [3.8, 4) is 0 Å². The smallest absolute Gasteiger partial charge is 0.407 e. The Bertz CT molecular complexity index is 2710. The molecule has 3 unspecified atom stereocenters. The fourth-order valence-corrected chi connectivity index (χ4v) is 8.87. The summed E-state index contributed by atoms with van der Waals surface area (Å²) in [4.78, 5) is 158. The molecule has 27 nitrogen and oxygen atoms in total. The van der Waals surface area contributed by atoms with Crippen molar-refractivity contribution in [3.05, 3.63) is 139 Å². The van der Waals surface area contributed by atoms with E-state index in [-0.39, 0.29) is 39.1 Å². The molecule has 6 atom stereocenters. The molecule has 0 bridgehead atoms. The molecule has 0 radical (unpaired) electrons. The van der Waals surface area contributed by atoms with Crippen LogP contribution in [0.25, 0.3) is 0 Å². The third-order valence-electron chi connectivity index (χ3n) is 13.7. The number of carbonyl (C=O) groups is 9. The number of methoxy groups -OCH3 is 3. The zero-order valence-electron chi connectivity index (χ0n) is 50.0. The molecule has 0 spiro atoms. The van der Waals surface area contributed by atoms with E-state index < -0.39 is 146 Å². The molecule has 0 aliphatic rings. The summed E-state index contributed by atoms with van der Waals surface area (Å²) < 4.78 is 32.2. The van der Waals surface area contributed by atoms with E-state index in [4.69, 9.17) is 28.4 Å². The Morgan fingerprint density at radius 2 is 0.609 bits per heavy atom. The lowest BCUT2D eigenvalue weighted by atomic mass is 10.1. The van der Waals surface area contributed by atoms with Gasteiger partial charge in [-0.05, 0) is 95.2 Å². The quantitative estimate of drug-likeness (QED) is 0.0279. The first-order chi connectivity index (χ1) is 41.7. The first-order valence-corrected chi connectivity index (χ1v) is 28.7. The predicted octanol–water partition coefficient (Wildman–Crippen LogP) is 3.77. The van der Waals surface area contributed by atoms with E-state index in [0.717, 1.165) is 38.0 Å². The van der Waals surface area contributed by atoms with Crippen LogP contribution in [0, 0.1) is 0 Å². The van der Waals surface area contributed by atoms with Gasteiger partial charge in [0.15, 0.2) is 0 Å². The summed E-state index contributed by atoms with van der Waals surface area (Å²) in [6.45, 7) is 3.39. The third kappa shape index (κ3) is 25.8. The molecule has 0 saturated heterocycles. The van der Waals surface area contributed by atoms with E-state index in [0.29, 0.717) is 52.2 Å². The van der Waals surface area contributed by atoms with Gasteiger partial charge < -0.3 is 60.3 Å². The molecule has 3 aromatic carbocycles. The number of rotatable bonds is 36. The molecule has 6 N–H and O–H groups in total. The predicted molar refractivity (Wildman–Crippen MR) is 314 cm³/mol. The number of hydrogen-bond acceptors (Lipinski definition) is 18. The number of carbonyl (C=O) groups excluding carboxylic acids is 9. The van der Waals surface area contributed by atoms with Crippen LogP contribution < -0.4 is 49.0 Å². The number of amides is 6. The average Bonchev–Trinajstić information content (AvgIpc) is 1.21. The van der Waals surface area contributed by atoms with E-state index in [1.54, 1.807) is 57.2 Å². The van der Waals surface area contributed by atoms with Gasteiger partial charge >= 0.3 is 53.3 Å². The van der Waals surface area contributed by atoms with Gasteiger partial charge in [-0.2, -0.15) is 0 Å². The van der Waals surface area contributed by atoms with Crippen molar-refractivity contribution in [3.63, 3.8) is 0 Å². The number of ether oxygens (including phenoxy) is 6. The lowest BCUT2D eigenvalue weighted by Gasteiger charge is -2.19. The maximum absolute atomic E-state index is 14.1. The molecule has 1 heterocycles. The normalized spacial score (nSPS) is 12.9. The van der Waals surface area contributed by atoms with Crippen LogP contribution in [0.5, 0.6) is 0 Å². The monoisotopic (exact) mass is 1220 g/mol. The number of aromatic nitrogens is 3. The minimum Gasteiger partial charge on any atom is -0.467 e. The van der Waals surface area contributed by atoms with E-state index in [2.05, 4.69) is 31.9 Å². The van der Waals surface area contributed by atoms with Gasteiger partial charge in [0.2, 0.25) is 17.7 Å². The Morgan fingerprint density at radius 1 is 0.368 bits per heavy atom. The Morgan fingerprint density at radius 3 is 0.839 bits per heavy atom. The molecule has 4 aromatic rings. The topological polar surface area (TPSA) is 347 Å². The zero-order chi connectivity index (χ0) is 63.7. The summed E-state index contributed by atoms with van der Waals surface area (Å²) in [5, 5.41) is 15.8. The summed E-state index contributed by atoms with van der Waals surface area (Å²) >= 11 is 0. The van der Waals surface area contributed by atoms with Crippen molar-refractivity contribution in [2.75, 3.05) is 21.3 Å². The van der Waals surface area contributed by atoms with Crippen LogP contribution in [0.1, 0.15) is 115 Å². The van der Waals surface area contributed by atoms with Crippen LogP contribution in [-0.4, -0.2) is 125 Å². The minimum absolute atomic E-state index is 0.0574. The zero-order valence-corrected chi connectivity index (χ0v) is 50.0. The van der Waals surface area contributed by atoms with Gasteiger partial charge in [-0.25, -0.2) is 56.9 Å². The number of nitrogens with zero attached hydrogens (tertiary/aromatic N) is 3. The van der Waals surface area contributed by atoms with E-state index >= 15 is 0 Å². The maximum atomic E-state index is 14.1. The molecule has 0 saturated carbocycles. The van der Waals surface area contributed by atoms with Gasteiger partial charge in [-0.1, -0.05) is 91.0 Å². The van der Waals surface area contributed by atoms with Crippen molar-refractivity contribution < 1.29 is 71.6 Å². The van der Waals surface area contributed by atoms with Crippen LogP contribution >= 0.6 is 0 Å². The Kier molecular flexibility index (Phi) is 30.6. The number of alkyl carbamates (subject to hydrolysis) is 3. The maximum Gasteiger partial charge on any atom is 0.407 e. The standard InChI is InChI=1S/C60H81N9O18/c1-40(61-55(76)85-37-43-22-10-7-11-23-43)19-16-28-46(52(73)82-4)64-49(70)31-34-67-58(79)68(35-32-50(71)65-47(53(74)83-5)29-17-20-41(2)62-56(77)86-38-44-24-12-8-13-25-44)60(81)69(59(67)80)36-33-51(72)66-48(54(75)84-6)30-18-21-42(3)63-57(78)87-39-45-26-14-9-15-27-45/h7-15,22-27,40-42,46-48H,16-21,28-39H2,1-6H3,(H,61,76)(H,62,77)(H,63,78)(H,64,70)(H,65,71)(H,66,72)/t40?,41?,42?,46-,47-,48-/m0/s1. The van der Waals surface area contributed by atoms with Crippen LogP contribution in [0.15, 0.2) is 105 Å². The second-order valence-electron chi connectivity index (χ2n) is 20.6. The van der Waals surface area contributed by atoms with E-state index in [1.165, 1.54) is 0 Å². The average molecular weight is 1220 g/mol. The molecule has 6 amide bonds. The first kappa shape index (κ1) is 70.2. The highest BCUT2D eigenvalue weighted by molar-refractivity contribution is 5.85. The summed E-state index contributed by atoms with van der Waals surface area (Å²) in [6.07, 6.45) is -1.54. The number of esters is 3. The van der Waals surface area contributed by atoms with Gasteiger partial charge in [0.1, 0.15) is 37.9 Å². The summed E-state index contributed by atoms with van der Waals surface area (Å²) in [7, 11) is 3.36. The highest BCUT2D eigenvalue weighted by Crippen LogP contribution is 2.12. The molecule has 0 fully saturated rings. The second kappa shape index (κ2) is 37.9. The van der Waals surface area contributed by atoms with E-state index in [1.807, 2.05) is 54.6 Å². The number of benzene rings is 3. The van der Waals surface area contributed by atoms with Gasteiger partial charge in [-0.15, -0.1) is 0 Å². The highest BCUT2D eigenvalue weighted by Gasteiger charge is 2.27. The second-order valence-corrected chi connectivity index (χ2v) is 20.6. The van der Waals surface area contributed by atoms with Gasteiger partial charge in [0, 0.05) is 57.0 Å². The van der Waals surface area contributed by atoms with E-state index in [9.17, 15) is 57.5 Å². The van der Waals surface area contributed by atoms with Crippen molar-refractivity contribution in [1.82, 2.24) is 45.6 Å². The number of hydrogen-bond donors (Lipinski definition) is 6. The fraction of sp³-hybridized carbons (Fsp3) is 0.500. The van der Waals surface area contributed by atoms with Crippen LogP contribution in [-0.2, 0) is 96.6 Å². The Balaban J connectivity index is 1.44. The molecule has 1 aromatic heterocycles. The summed E-state index contributed by atoms with van der Waals surface area (Å²) in [5.74, 6) is -4.82. The van der Waals surface area contributed by atoms with Gasteiger partial charge in [-0.3, -0.25) is 14.4 Å². The van der Waals surface area contributed by atoms with Crippen molar-refractivity contribution >= 4 is 53.9 Å². The van der Waals surface area contributed by atoms with Gasteiger partial charge in [0.25, 0.3) is 0 Å². The van der Waals surface area contributed by atoms with Crippen LogP contribution in [0.2, 0.25) is 0 Å². The first-order valence-electron chi connectivity index (χ1n) is 28.7. The lowest BCUT2D eigenvalue weighted by Crippen LogP contribution is -2.55. The summed E-state index contributed by atoms with van der Waals surface area (Å²) in [5.41, 5.74) is -1.30. The van der Waals surface area contributed by atoms with Crippen molar-refractivity contribution in [1.29, 1.82) is 0 Å². The lowest BCUT2D eigenvalue weighted by molar-refractivity contribution is -0.145. The van der Waals surface area contributed by atoms with Crippen molar-refractivity contribution in [2.24, 2.45) is 0 Å². The summed E-state index contributed by atoms with van der Waals surface area (Å²) in [6, 6.07) is 22.5. The molecule has 87 heavy (non-hydrogen) atoms. The van der Waals surface area contributed by atoms with Crippen LogP contribution in [0.3, 0.4) is 0 Å². The highest BCUT2D eigenvalue weighted by atomic mass is 16.6. The molecule has 0 aliphatic heterocycles. The molecule has 474 valence electrons. The Hall–Kier alpha value is -9.30. The van der Waals surface area contributed by atoms with Crippen molar-refractivity contribution in [2.45, 2.75) is 174 Å². The largest absolute Gasteiger partial charge is 0.467 e. The fourth-order valence-electron chi connectivity index (χ4n) is 8.87.